The predicted molar refractivity (Wildman–Crippen MR) is 41.0 cm³/mol. The average Bonchev–Trinajstić information content (AvgIpc) is 2.30. The van der Waals surface area contributed by atoms with Gasteiger partial charge >= 0.3 is 5.97 Å². The Morgan fingerprint density at radius 1 is 1.36 bits per heavy atom. The summed E-state index contributed by atoms with van der Waals surface area (Å²) in [6.07, 6.45) is 5.08. The molecule has 2 nitrogen and oxygen atoms in total. The maximum Gasteiger partial charge on any atom is 0.309 e. The molecule has 1 heterocycles. The van der Waals surface area contributed by atoms with Gasteiger partial charge in [-0.3, -0.25) is 4.79 Å². The van der Waals surface area contributed by atoms with E-state index in [9.17, 15) is 4.79 Å². The summed E-state index contributed by atoms with van der Waals surface area (Å²) in [5, 5.41) is 0. The van der Waals surface area contributed by atoms with E-state index in [2.05, 4.69) is 0 Å². The third-order valence-corrected chi connectivity index (χ3v) is 3.04. The minimum absolute atomic E-state index is 0.0295. The highest BCUT2D eigenvalue weighted by Crippen LogP contribution is 2.38. The fraction of sp³-hybridized carbons (Fsp3) is 0.889. The van der Waals surface area contributed by atoms with Crippen LogP contribution >= 0.6 is 0 Å². The smallest absolute Gasteiger partial charge is 0.309 e. The number of carbonyl (C=O) groups is 1. The molecule has 2 rings (SSSR count). The first-order chi connectivity index (χ1) is 5.29. The van der Waals surface area contributed by atoms with Gasteiger partial charge in [-0.05, 0) is 19.3 Å². The van der Waals surface area contributed by atoms with E-state index in [4.69, 9.17) is 4.74 Å². The van der Waals surface area contributed by atoms with Gasteiger partial charge in [-0.2, -0.15) is 0 Å². The summed E-state index contributed by atoms with van der Waals surface area (Å²) in [5.41, 5.74) is 0. The van der Waals surface area contributed by atoms with E-state index in [0.29, 0.717) is 5.92 Å². The summed E-state index contributed by atoms with van der Waals surface area (Å²) >= 11 is 0. The lowest BCUT2D eigenvalue weighted by Gasteiger charge is -2.23. The predicted octanol–water partition coefficient (Wildman–Crippen LogP) is 1.74. The Hall–Kier alpha value is -0.530. The van der Waals surface area contributed by atoms with Gasteiger partial charge in [-0.1, -0.05) is 13.3 Å². The summed E-state index contributed by atoms with van der Waals surface area (Å²) < 4.78 is 5.24. The molecule has 11 heavy (non-hydrogen) atoms. The second-order valence-corrected chi connectivity index (χ2v) is 3.71. The van der Waals surface area contributed by atoms with Crippen molar-refractivity contribution in [1.82, 2.24) is 0 Å². The van der Waals surface area contributed by atoms with E-state index < -0.39 is 0 Å². The largest absolute Gasteiger partial charge is 0.462 e. The first-order valence-corrected chi connectivity index (χ1v) is 4.49. The van der Waals surface area contributed by atoms with Crippen LogP contribution in [0.25, 0.3) is 0 Å². The summed E-state index contributed by atoms with van der Waals surface area (Å²) in [4.78, 5) is 11.1. The molecule has 1 aliphatic heterocycles. The molecule has 2 aliphatic rings. The molecule has 0 aromatic heterocycles. The van der Waals surface area contributed by atoms with Crippen molar-refractivity contribution in [1.29, 1.82) is 0 Å². The van der Waals surface area contributed by atoms with E-state index in [-0.39, 0.29) is 18.0 Å². The number of carbonyl (C=O) groups excluding carboxylic acids is 1. The van der Waals surface area contributed by atoms with Gasteiger partial charge in [0.1, 0.15) is 6.10 Å². The van der Waals surface area contributed by atoms with E-state index >= 15 is 0 Å². The standard InChI is InChI=1S/C9H14O2/c1-6-7-4-2-3-5-8(7)11-9(6)10/h6-8H,2-5H2,1H3/t6-,7-,8+/m0/s1. The zero-order valence-electron chi connectivity index (χ0n) is 6.88. The Morgan fingerprint density at radius 3 is 2.82 bits per heavy atom. The van der Waals surface area contributed by atoms with E-state index in [0.717, 1.165) is 6.42 Å². The molecule has 1 aliphatic carbocycles. The molecule has 3 atom stereocenters. The van der Waals surface area contributed by atoms with Crippen LogP contribution in [0.4, 0.5) is 0 Å². The zero-order valence-corrected chi connectivity index (χ0v) is 6.88. The maximum absolute atomic E-state index is 11.1. The van der Waals surface area contributed by atoms with E-state index in [1.54, 1.807) is 0 Å². The van der Waals surface area contributed by atoms with Crippen LogP contribution in [0.3, 0.4) is 0 Å². The van der Waals surface area contributed by atoms with Gasteiger partial charge in [0.05, 0.1) is 5.92 Å². The number of fused-ring (bicyclic) bond motifs is 1. The first-order valence-electron chi connectivity index (χ1n) is 4.49. The highest BCUT2D eigenvalue weighted by molar-refractivity contribution is 5.74. The molecule has 1 saturated heterocycles. The van der Waals surface area contributed by atoms with Gasteiger partial charge in [0.2, 0.25) is 0 Å². The Balaban J connectivity index is 2.11. The molecule has 62 valence electrons. The second kappa shape index (κ2) is 2.50. The van der Waals surface area contributed by atoms with Gasteiger partial charge < -0.3 is 4.74 Å². The molecule has 0 unspecified atom stereocenters. The topological polar surface area (TPSA) is 26.3 Å². The van der Waals surface area contributed by atoms with Gasteiger partial charge in [0.25, 0.3) is 0 Å². The SMILES string of the molecule is C[C@@H]1C(=O)O[C@@H]2CCCC[C@@H]12. The number of esters is 1. The van der Waals surface area contributed by atoms with Crippen molar-refractivity contribution in [3.05, 3.63) is 0 Å². The van der Waals surface area contributed by atoms with Crippen LogP contribution < -0.4 is 0 Å². The molecule has 2 fully saturated rings. The molecule has 0 aromatic rings. The number of rotatable bonds is 0. The summed E-state index contributed by atoms with van der Waals surface area (Å²) in [6.45, 7) is 2.00. The molecule has 0 N–H and O–H groups in total. The fourth-order valence-electron chi connectivity index (χ4n) is 2.28. The van der Waals surface area contributed by atoms with Crippen LogP contribution in [0.15, 0.2) is 0 Å². The Morgan fingerprint density at radius 2 is 2.09 bits per heavy atom. The molecule has 0 radical (unpaired) electrons. The normalized spacial score (nSPS) is 43.4. The molecule has 0 aromatic carbocycles. The average molecular weight is 154 g/mol. The Labute approximate surface area is 66.9 Å². The van der Waals surface area contributed by atoms with Crippen molar-refractivity contribution >= 4 is 5.97 Å². The molecule has 2 heteroatoms. The highest BCUT2D eigenvalue weighted by atomic mass is 16.6. The van der Waals surface area contributed by atoms with Gasteiger partial charge in [-0.25, -0.2) is 0 Å². The van der Waals surface area contributed by atoms with Crippen molar-refractivity contribution in [2.75, 3.05) is 0 Å². The first kappa shape index (κ1) is 7.14. The highest BCUT2D eigenvalue weighted by Gasteiger charge is 2.42. The monoisotopic (exact) mass is 154 g/mol. The number of hydrogen-bond acceptors (Lipinski definition) is 2. The molecule has 1 saturated carbocycles. The molecular weight excluding hydrogens is 140 g/mol. The third kappa shape index (κ3) is 1.05. The molecule has 0 amide bonds. The summed E-state index contributed by atoms with van der Waals surface area (Å²) in [6, 6.07) is 0. The lowest BCUT2D eigenvalue weighted by atomic mass is 9.81. The molecule has 0 spiro atoms. The van der Waals surface area contributed by atoms with Crippen LogP contribution in [0.5, 0.6) is 0 Å². The van der Waals surface area contributed by atoms with Crippen LogP contribution in [-0.4, -0.2) is 12.1 Å². The van der Waals surface area contributed by atoms with Gasteiger partial charge in [0, 0.05) is 5.92 Å². The van der Waals surface area contributed by atoms with Crippen molar-refractivity contribution in [3.63, 3.8) is 0 Å². The van der Waals surface area contributed by atoms with E-state index in [1.807, 2.05) is 6.92 Å². The number of hydrogen-bond donors (Lipinski definition) is 0. The Kier molecular flexibility index (Phi) is 1.63. The van der Waals surface area contributed by atoms with Gasteiger partial charge in [0.15, 0.2) is 0 Å². The van der Waals surface area contributed by atoms with Crippen molar-refractivity contribution in [2.45, 2.75) is 38.7 Å². The lowest BCUT2D eigenvalue weighted by molar-refractivity contribution is -0.144. The van der Waals surface area contributed by atoms with Crippen molar-refractivity contribution in [2.24, 2.45) is 11.8 Å². The maximum atomic E-state index is 11.1. The summed E-state index contributed by atoms with van der Waals surface area (Å²) in [7, 11) is 0. The second-order valence-electron chi connectivity index (χ2n) is 3.71. The Bertz CT molecular complexity index is 176. The fourth-order valence-corrected chi connectivity index (χ4v) is 2.28. The van der Waals surface area contributed by atoms with Crippen LogP contribution in [0, 0.1) is 11.8 Å². The summed E-state index contributed by atoms with van der Waals surface area (Å²) in [5.74, 6) is 0.735. The quantitative estimate of drug-likeness (QED) is 0.497. The van der Waals surface area contributed by atoms with Crippen LogP contribution in [0.1, 0.15) is 32.6 Å². The molecular formula is C9H14O2. The molecule has 0 bridgehead atoms. The van der Waals surface area contributed by atoms with Crippen molar-refractivity contribution in [3.8, 4) is 0 Å². The van der Waals surface area contributed by atoms with Crippen molar-refractivity contribution < 1.29 is 9.53 Å². The minimum Gasteiger partial charge on any atom is -0.462 e. The third-order valence-electron chi connectivity index (χ3n) is 3.04. The minimum atomic E-state index is 0.0295. The number of ether oxygens (including phenoxy) is 1. The lowest BCUT2D eigenvalue weighted by Crippen LogP contribution is -2.23. The van der Waals surface area contributed by atoms with Crippen LogP contribution in [0.2, 0.25) is 0 Å². The van der Waals surface area contributed by atoms with Crippen LogP contribution in [-0.2, 0) is 9.53 Å². The van der Waals surface area contributed by atoms with Gasteiger partial charge in [-0.15, -0.1) is 0 Å². The van der Waals surface area contributed by atoms with E-state index in [1.165, 1.54) is 19.3 Å². The zero-order chi connectivity index (χ0) is 7.84.